The number of nitrogens with zero attached hydrogens (tertiary/aromatic N) is 4. The second kappa shape index (κ2) is 7.50. The van der Waals surface area contributed by atoms with Crippen molar-refractivity contribution in [3.8, 4) is 0 Å². The molecule has 3 aromatic rings. The van der Waals surface area contributed by atoms with Crippen LogP contribution in [0.2, 0.25) is 0 Å². The second-order valence-corrected chi connectivity index (χ2v) is 7.48. The van der Waals surface area contributed by atoms with E-state index >= 15 is 0 Å². The highest BCUT2D eigenvalue weighted by Crippen LogP contribution is 2.24. The van der Waals surface area contributed by atoms with E-state index in [9.17, 15) is 9.90 Å². The third kappa shape index (κ3) is 3.86. The van der Waals surface area contributed by atoms with Crippen molar-refractivity contribution in [3.63, 3.8) is 0 Å². The van der Waals surface area contributed by atoms with Crippen LogP contribution >= 0.6 is 11.3 Å². The van der Waals surface area contributed by atoms with Gasteiger partial charge in [0.05, 0.1) is 30.2 Å². The van der Waals surface area contributed by atoms with Crippen LogP contribution in [0.25, 0.3) is 0 Å². The molecule has 0 spiro atoms. The summed E-state index contributed by atoms with van der Waals surface area (Å²) in [5.41, 5.74) is 8.86. The summed E-state index contributed by atoms with van der Waals surface area (Å²) in [6.07, 6.45) is 0.250. The summed E-state index contributed by atoms with van der Waals surface area (Å²) < 4.78 is 1.88. The van der Waals surface area contributed by atoms with Gasteiger partial charge in [0.1, 0.15) is 6.10 Å². The number of aliphatic hydroxyl groups is 1. The van der Waals surface area contributed by atoms with Crippen LogP contribution in [0.5, 0.6) is 0 Å². The van der Waals surface area contributed by atoms with Gasteiger partial charge in [-0.05, 0) is 18.1 Å². The molecule has 0 saturated heterocycles. The van der Waals surface area contributed by atoms with Gasteiger partial charge in [-0.1, -0.05) is 30.3 Å². The maximum Gasteiger partial charge on any atom is 0.223 e. The maximum atomic E-state index is 12.5. The van der Waals surface area contributed by atoms with Crippen LogP contribution in [0.15, 0.2) is 41.8 Å². The first-order chi connectivity index (χ1) is 13.1. The Labute approximate surface area is 161 Å². The average molecular weight is 383 g/mol. The van der Waals surface area contributed by atoms with Crippen molar-refractivity contribution >= 4 is 22.4 Å². The molecule has 2 aromatic heterocycles. The summed E-state index contributed by atoms with van der Waals surface area (Å²) in [4.78, 5) is 18.6. The van der Waals surface area contributed by atoms with Crippen LogP contribution in [0, 0.1) is 0 Å². The number of nitrogens with two attached hydrogens (primary N) is 1. The van der Waals surface area contributed by atoms with Crippen LogP contribution in [-0.4, -0.2) is 37.2 Å². The van der Waals surface area contributed by atoms with Gasteiger partial charge in [0.2, 0.25) is 5.91 Å². The fourth-order valence-electron chi connectivity index (χ4n) is 3.27. The lowest BCUT2D eigenvalue weighted by Gasteiger charge is -2.27. The number of fused-ring (bicyclic) bond motifs is 1. The minimum absolute atomic E-state index is 0.0965. The van der Waals surface area contributed by atoms with Gasteiger partial charge in [0, 0.05) is 18.3 Å². The van der Waals surface area contributed by atoms with Crippen molar-refractivity contribution in [2.45, 2.75) is 32.0 Å². The van der Waals surface area contributed by atoms with E-state index in [-0.39, 0.29) is 5.91 Å². The van der Waals surface area contributed by atoms with Crippen molar-refractivity contribution < 1.29 is 9.90 Å². The molecule has 4 rings (SSSR count). The zero-order chi connectivity index (χ0) is 18.8. The average Bonchev–Trinajstić information content (AvgIpc) is 3.31. The summed E-state index contributed by atoms with van der Waals surface area (Å²) in [5.74, 6) is 0.0965. The largest absolute Gasteiger partial charge is 0.382 e. The Hall–Kier alpha value is -2.71. The van der Waals surface area contributed by atoms with Crippen LogP contribution in [0.4, 0.5) is 5.13 Å². The Morgan fingerprint density at radius 2 is 2.11 bits per heavy atom. The van der Waals surface area contributed by atoms with E-state index in [0.717, 1.165) is 17.0 Å². The van der Waals surface area contributed by atoms with E-state index in [1.165, 1.54) is 11.3 Å². The summed E-state index contributed by atoms with van der Waals surface area (Å²) in [7, 11) is 0. The normalized spacial score (nSPS) is 14.8. The van der Waals surface area contributed by atoms with Gasteiger partial charge in [-0.25, -0.2) is 4.98 Å². The Morgan fingerprint density at radius 1 is 1.30 bits per heavy atom. The smallest absolute Gasteiger partial charge is 0.223 e. The summed E-state index contributed by atoms with van der Waals surface area (Å²) in [5, 5.41) is 17.5. The standard InChI is InChI=1S/C19H21N5O2S/c20-19-21-14(12-27-19)6-7-17(25)23-8-9-24-15(11-23)10-16(22-24)18(26)13-4-2-1-3-5-13/h1-5,10,12,18,26H,6-9,11H2,(H2,20,21)/t18-/m0/s1. The molecular weight excluding hydrogens is 362 g/mol. The van der Waals surface area contributed by atoms with Crippen LogP contribution in [0.1, 0.15) is 35.2 Å². The molecule has 8 heteroatoms. The van der Waals surface area contributed by atoms with E-state index in [2.05, 4.69) is 10.1 Å². The number of hydrogen-bond acceptors (Lipinski definition) is 6. The number of aliphatic hydroxyl groups excluding tert-OH is 1. The van der Waals surface area contributed by atoms with E-state index < -0.39 is 6.10 Å². The molecule has 3 heterocycles. The SMILES string of the molecule is Nc1nc(CCC(=O)N2CCn3nc([C@@H](O)c4ccccc4)cc3C2)cs1. The van der Waals surface area contributed by atoms with Gasteiger partial charge in [-0.15, -0.1) is 11.3 Å². The first-order valence-electron chi connectivity index (χ1n) is 8.87. The zero-order valence-electron chi connectivity index (χ0n) is 14.8. The molecular formula is C19H21N5O2S. The number of hydrogen-bond donors (Lipinski definition) is 2. The Kier molecular flexibility index (Phi) is 4.91. The topological polar surface area (TPSA) is 97.3 Å². The Morgan fingerprint density at radius 3 is 2.85 bits per heavy atom. The monoisotopic (exact) mass is 383 g/mol. The number of rotatable bonds is 5. The Balaban J connectivity index is 1.41. The van der Waals surface area contributed by atoms with Crippen LogP contribution in [-0.2, 0) is 24.3 Å². The quantitative estimate of drug-likeness (QED) is 0.702. The molecule has 140 valence electrons. The molecule has 27 heavy (non-hydrogen) atoms. The number of thiazole rings is 1. The number of amides is 1. The third-order valence-electron chi connectivity index (χ3n) is 4.73. The van der Waals surface area contributed by atoms with Gasteiger partial charge in [-0.2, -0.15) is 5.10 Å². The highest BCUT2D eigenvalue weighted by Gasteiger charge is 2.24. The first kappa shape index (κ1) is 17.7. The lowest BCUT2D eigenvalue weighted by atomic mass is 10.1. The number of aryl methyl sites for hydroxylation is 1. The summed E-state index contributed by atoms with van der Waals surface area (Å²) >= 11 is 1.39. The first-order valence-corrected chi connectivity index (χ1v) is 9.75. The maximum absolute atomic E-state index is 12.5. The van der Waals surface area contributed by atoms with Gasteiger partial charge in [0.15, 0.2) is 5.13 Å². The van der Waals surface area contributed by atoms with Gasteiger partial charge >= 0.3 is 0 Å². The molecule has 3 N–H and O–H groups in total. The second-order valence-electron chi connectivity index (χ2n) is 6.59. The molecule has 0 saturated carbocycles. The molecule has 1 aromatic carbocycles. The van der Waals surface area contributed by atoms with Gasteiger partial charge < -0.3 is 15.7 Å². The molecule has 1 amide bonds. The third-order valence-corrected chi connectivity index (χ3v) is 5.45. The number of aromatic nitrogens is 3. The minimum Gasteiger partial charge on any atom is -0.382 e. The number of benzene rings is 1. The highest BCUT2D eigenvalue weighted by molar-refractivity contribution is 7.13. The summed E-state index contributed by atoms with van der Waals surface area (Å²) in [6.45, 7) is 1.76. The fraction of sp³-hybridized carbons (Fsp3) is 0.316. The Bertz CT molecular complexity index is 937. The lowest BCUT2D eigenvalue weighted by molar-refractivity contribution is -0.132. The molecule has 1 atom stereocenters. The number of anilines is 1. The van der Waals surface area contributed by atoms with Crippen molar-refractivity contribution in [2.75, 3.05) is 12.3 Å². The molecule has 1 aliphatic heterocycles. The van der Waals surface area contributed by atoms with E-state index in [1.54, 1.807) is 0 Å². The minimum atomic E-state index is -0.761. The number of nitrogen functional groups attached to an aromatic ring is 1. The van der Waals surface area contributed by atoms with E-state index in [4.69, 9.17) is 5.73 Å². The molecule has 7 nitrogen and oxygen atoms in total. The molecule has 1 aliphatic rings. The van der Waals surface area contributed by atoms with E-state index in [0.29, 0.717) is 43.3 Å². The van der Waals surface area contributed by atoms with Crippen molar-refractivity contribution in [2.24, 2.45) is 0 Å². The molecule has 0 radical (unpaired) electrons. The van der Waals surface area contributed by atoms with Crippen LogP contribution < -0.4 is 5.73 Å². The predicted molar refractivity (Wildman–Crippen MR) is 103 cm³/mol. The van der Waals surface area contributed by atoms with Crippen molar-refractivity contribution in [3.05, 3.63) is 64.4 Å². The highest BCUT2D eigenvalue weighted by atomic mass is 32.1. The fourth-order valence-corrected chi connectivity index (χ4v) is 3.87. The van der Waals surface area contributed by atoms with Gasteiger partial charge in [-0.3, -0.25) is 9.48 Å². The number of carbonyl (C=O) groups excluding carboxylic acids is 1. The van der Waals surface area contributed by atoms with Crippen molar-refractivity contribution in [1.29, 1.82) is 0 Å². The molecule has 0 unspecified atom stereocenters. The van der Waals surface area contributed by atoms with Gasteiger partial charge in [0.25, 0.3) is 0 Å². The predicted octanol–water partition coefficient (Wildman–Crippen LogP) is 1.98. The lowest BCUT2D eigenvalue weighted by Crippen LogP contribution is -2.38. The van der Waals surface area contributed by atoms with Crippen LogP contribution in [0.3, 0.4) is 0 Å². The zero-order valence-corrected chi connectivity index (χ0v) is 15.6. The molecule has 0 aliphatic carbocycles. The molecule has 0 bridgehead atoms. The van der Waals surface area contributed by atoms with E-state index in [1.807, 2.05) is 51.4 Å². The number of carbonyl (C=O) groups is 1. The molecule has 0 fully saturated rings. The van der Waals surface area contributed by atoms with Crippen molar-refractivity contribution in [1.82, 2.24) is 19.7 Å². The summed E-state index contributed by atoms with van der Waals surface area (Å²) in [6, 6.07) is 11.3.